The van der Waals surface area contributed by atoms with E-state index in [1.165, 1.54) is 24.3 Å². The van der Waals surface area contributed by atoms with Gasteiger partial charge in [-0.05, 0) is 41.8 Å². The molecule has 2 N–H and O–H groups in total. The highest BCUT2D eigenvalue weighted by atomic mass is 32.2. The first-order chi connectivity index (χ1) is 13.4. The number of sulfone groups is 1. The van der Waals surface area contributed by atoms with Gasteiger partial charge in [-0.25, -0.2) is 8.42 Å². The Balaban J connectivity index is 2.00. The molecule has 29 heavy (non-hydrogen) atoms. The van der Waals surface area contributed by atoms with Crippen molar-refractivity contribution in [3.8, 4) is 11.5 Å². The smallest absolute Gasteiger partial charge is 0.489 e. The summed E-state index contributed by atoms with van der Waals surface area (Å²) < 4.78 is 69.8. The quantitative estimate of drug-likeness (QED) is 0.656. The molecule has 0 fully saturated rings. The van der Waals surface area contributed by atoms with Crippen LogP contribution in [0.4, 0.5) is 13.2 Å². The van der Waals surface area contributed by atoms with Gasteiger partial charge in [-0.1, -0.05) is 24.3 Å². The molecule has 2 aromatic carbocycles. The number of amides is 1. The molecule has 0 aliphatic carbocycles. The van der Waals surface area contributed by atoms with E-state index in [0.717, 1.165) is 6.26 Å². The number of rotatable bonds is 9. The lowest BCUT2D eigenvalue weighted by atomic mass is 10.1. The van der Waals surface area contributed by atoms with Gasteiger partial charge in [0, 0.05) is 12.7 Å². The highest BCUT2D eigenvalue weighted by molar-refractivity contribution is 7.90. The molecule has 6 nitrogen and oxygen atoms in total. The van der Waals surface area contributed by atoms with Crippen LogP contribution >= 0.6 is 0 Å². The van der Waals surface area contributed by atoms with Gasteiger partial charge in [0.15, 0.2) is 9.84 Å². The first-order valence-corrected chi connectivity index (χ1v) is 10.4. The predicted molar refractivity (Wildman–Crippen MR) is 99.9 cm³/mol. The lowest BCUT2D eigenvalue weighted by Crippen LogP contribution is -2.17. The zero-order valence-corrected chi connectivity index (χ0v) is 16.3. The normalized spacial score (nSPS) is 13.0. The van der Waals surface area contributed by atoms with Crippen molar-refractivity contribution in [1.29, 1.82) is 0 Å². The number of hydrogen-bond acceptors (Lipinski definition) is 5. The van der Waals surface area contributed by atoms with Crippen molar-refractivity contribution in [1.82, 2.24) is 0 Å². The van der Waals surface area contributed by atoms with Gasteiger partial charge in [0.05, 0.1) is 5.25 Å². The average Bonchev–Trinajstić information content (AvgIpc) is 2.59. The van der Waals surface area contributed by atoms with Gasteiger partial charge in [-0.2, -0.15) is 0 Å². The molecule has 2 rings (SSSR count). The van der Waals surface area contributed by atoms with Gasteiger partial charge in [-0.3, -0.25) is 4.79 Å². The van der Waals surface area contributed by atoms with E-state index in [1.54, 1.807) is 24.3 Å². The molecule has 0 saturated heterocycles. The Hall–Kier alpha value is -2.75. The number of carbonyl (C=O) groups is 1. The molecule has 2 aromatic rings. The monoisotopic (exact) mass is 431 g/mol. The van der Waals surface area contributed by atoms with E-state index < -0.39 is 27.4 Å². The third-order valence-corrected chi connectivity index (χ3v) is 5.53. The van der Waals surface area contributed by atoms with E-state index >= 15 is 0 Å². The van der Waals surface area contributed by atoms with E-state index in [1.807, 2.05) is 0 Å². The summed E-state index contributed by atoms with van der Waals surface area (Å²) >= 11 is 0. The number of hydrogen-bond donors (Lipinski definition) is 1. The standard InChI is InChI=1S/C19H20F3NO5S/c1-29(25,26)17(10-11-18(23)24)14-4-8-15(9-5-14)27-12-13-2-6-16(7-3-13)28-19(20,21)22/h2-9,17H,10-12H2,1H3,(H2,23,24). The molecule has 1 unspecified atom stereocenters. The van der Waals surface area contributed by atoms with Crippen LogP contribution in [0.5, 0.6) is 11.5 Å². The van der Waals surface area contributed by atoms with E-state index in [-0.39, 0.29) is 25.2 Å². The van der Waals surface area contributed by atoms with Crippen molar-refractivity contribution in [2.24, 2.45) is 5.73 Å². The first-order valence-electron chi connectivity index (χ1n) is 8.48. The predicted octanol–water partition coefficient (Wildman–Crippen LogP) is 3.52. The van der Waals surface area contributed by atoms with Crippen LogP contribution < -0.4 is 15.2 Å². The van der Waals surface area contributed by atoms with Gasteiger partial charge < -0.3 is 15.2 Å². The first kappa shape index (κ1) is 22.5. The minimum absolute atomic E-state index is 0.0516. The molecule has 0 saturated carbocycles. The lowest BCUT2D eigenvalue weighted by molar-refractivity contribution is -0.274. The SMILES string of the molecule is CS(=O)(=O)C(CCC(N)=O)c1ccc(OCc2ccc(OC(F)(F)F)cc2)cc1. The molecule has 1 amide bonds. The van der Waals surface area contributed by atoms with E-state index in [9.17, 15) is 26.4 Å². The molecular formula is C19H20F3NO5S. The molecule has 0 spiro atoms. The van der Waals surface area contributed by atoms with Gasteiger partial charge >= 0.3 is 6.36 Å². The molecule has 0 aliphatic heterocycles. The molecule has 0 aliphatic rings. The topological polar surface area (TPSA) is 95.7 Å². The Morgan fingerprint density at radius 1 is 1.03 bits per heavy atom. The molecule has 0 radical (unpaired) electrons. The Bertz CT molecular complexity index is 926. The summed E-state index contributed by atoms with van der Waals surface area (Å²) in [4.78, 5) is 11.0. The van der Waals surface area contributed by atoms with Crippen LogP contribution in [0.1, 0.15) is 29.2 Å². The van der Waals surface area contributed by atoms with Gasteiger partial charge in [0.1, 0.15) is 18.1 Å². The summed E-state index contributed by atoms with van der Waals surface area (Å²) in [5, 5.41) is -0.856. The maximum Gasteiger partial charge on any atom is 0.573 e. The van der Waals surface area contributed by atoms with Crippen molar-refractivity contribution in [2.45, 2.75) is 31.1 Å². The Morgan fingerprint density at radius 3 is 2.07 bits per heavy atom. The maximum atomic E-state index is 12.2. The van der Waals surface area contributed by atoms with Crippen LogP contribution in [0.25, 0.3) is 0 Å². The average molecular weight is 431 g/mol. The fraction of sp³-hybridized carbons (Fsp3) is 0.316. The zero-order valence-electron chi connectivity index (χ0n) is 15.5. The van der Waals surface area contributed by atoms with Crippen LogP contribution in [0.3, 0.4) is 0 Å². The van der Waals surface area contributed by atoms with Gasteiger partial charge in [0.2, 0.25) is 5.91 Å². The number of alkyl halides is 3. The van der Waals surface area contributed by atoms with Crippen molar-refractivity contribution in [3.63, 3.8) is 0 Å². The third kappa shape index (κ3) is 7.65. The van der Waals surface area contributed by atoms with Crippen LogP contribution in [0, 0.1) is 0 Å². The summed E-state index contributed by atoms with van der Waals surface area (Å²) in [7, 11) is -3.44. The number of primary amides is 1. The van der Waals surface area contributed by atoms with Crippen LogP contribution in [-0.2, 0) is 21.2 Å². The highest BCUT2D eigenvalue weighted by Crippen LogP contribution is 2.29. The van der Waals surface area contributed by atoms with Crippen LogP contribution in [0.2, 0.25) is 0 Å². The summed E-state index contributed by atoms with van der Waals surface area (Å²) in [5.74, 6) is -0.454. The molecule has 0 aromatic heterocycles. The number of benzene rings is 2. The van der Waals surface area contributed by atoms with Crippen molar-refractivity contribution < 1.29 is 35.9 Å². The van der Waals surface area contributed by atoms with Crippen molar-refractivity contribution >= 4 is 15.7 Å². The summed E-state index contributed by atoms with van der Waals surface area (Å²) in [5.41, 5.74) is 6.24. The minimum Gasteiger partial charge on any atom is -0.489 e. The summed E-state index contributed by atoms with van der Waals surface area (Å²) in [6.45, 7) is 0.100. The molecule has 0 bridgehead atoms. The molecule has 0 heterocycles. The minimum atomic E-state index is -4.75. The van der Waals surface area contributed by atoms with Gasteiger partial charge in [0.25, 0.3) is 0 Å². The zero-order chi connectivity index (χ0) is 21.7. The van der Waals surface area contributed by atoms with E-state index in [2.05, 4.69) is 4.74 Å². The maximum absolute atomic E-state index is 12.2. The summed E-state index contributed by atoms with van der Waals surface area (Å²) in [6, 6.07) is 11.6. The molecule has 10 heteroatoms. The number of carbonyl (C=O) groups excluding carboxylic acids is 1. The Morgan fingerprint density at radius 2 is 1.59 bits per heavy atom. The number of nitrogens with two attached hydrogens (primary N) is 1. The fourth-order valence-corrected chi connectivity index (χ4v) is 3.83. The van der Waals surface area contributed by atoms with Crippen molar-refractivity contribution in [2.75, 3.05) is 6.26 Å². The largest absolute Gasteiger partial charge is 0.573 e. The fourth-order valence-electron chi connectivity index (χ4n) is 2.63. The second-order valence-corrected chi connectivity index (χ2v) is 8.60. The lowest BCUT2D eigenvalue weighted by Gasteiger charge is -2.15. The second-order valence-electron chi connectivity index (χ2n) is 6.37. The number of halogens is 3. The van der Waals surface area contributed by atoms with Crippen molar-refractivity contribution in [3.05, 3.63) is 59.7 Å². The highest BCUT2D eigenvalue weighted by Gasteiger charge is 2.31. The number of ether oxygens (including phenoxy) is 2. The van der Waals surface area contributed by atoms with Crippen LogP contribution in [0.15, 0.2) is 48.5 Å². The molecule has 158 valence electrons. The van der Waals surface area contributed by atoms with Gasteiger partial charge in [-0.15, -0.1) is 13.2 Å². The summed E-state index contributed by atoms with van der Waals surface area (Å²) in [6.07, 6.45) is -3.62. The molecular weight excluding hydrogens is 411 g/mol. The molecule has 1 atom stereocenters. The third-order valence-electron chi connectivity index (χ3n) is 3.98. The Labute approximate surface area is 166 Å². The van der Waals surface area contributed by atoms with E-state index in [0.29, 0.717) is 16.9 Å². The van der Waals surface area contributed by atoms with E-state index in [4.69, 9.17) is 10.5 Å². The van der Waals surface area contributed by atoms with Crippen LogP contribution in [-0.4, -0.2) is 26.9 Å². The Kier molecular flexibility index (Phi) is 7.12. The second kappa shape index (κ2) is 9.17.